The molecule has 0 aromatic carbocycles. The topological polar surface area (TPSA) is 35.5 Å². The maximum absolute atomic E-state index is 11.9. The highest BCUT2D eigenvalue weighted by atomic mass is 16.7. The van der Waals surface area contributed by atoms with E-state index in [-0.39, 0.29) is 6.10 Å². The van der Waals surface area contributed by atoms with E-state index in [1.54, 1.807) is 5.57 Å². The molecule has 4 aliphatic rings. The van der Waals surface area contributed by atoms with Crippen LogP contribution in [-0.4, -0.2) is 18.9 Å². The van der Waals surface area contributed by atoms with E-state index in [0.717, 1.165) is 54.8 Å². The molecule has 0 saturated heterocycles. The summed E-state index contributed by atoms with van der Waals surface area (Å²) in [6.45, 7) is 14.7. The second-order valence-electron chi connectivity index (χ2n) is 13.0. The lowest BCUT2D eigenvalue weighted by molar-refractivity contribution is -0.0615. The lowest BCUT2D eigenvalue weighted by Crippen LogP contribution is -2.51. The second-order valence-corrected chi connectivity index (χ2v) is 13.0. The maximum Gasteiger partial charge on any atom is 0.508 e. The first-order valence-electron chi connectivity index (χ1n) is 14.2. The van der Waals surface area contributed by atoms with Crippen LogP contribution in [0.3, 0.4) is 0 Å². The van der Waals surface area contributed by atoms with Crippen LogP contribution < -0.4 is 0 Å². The molecule has 1 unspecified atom stereocenters. The molecule has 8 atom stereocenters. The molecule has 0 bridgehead atoms. The molecule has 0 radical (unpaired) electrons. The van der Waals surface area contributed by atoms with Gasteiger partial charge in [0.1, 0.15) is 6.10 Å². The molecule has 188 valence electrons. The maximum atomic E-state index is 11.9. The summed E-state index contributed by atoms with van der Waals surface area (Å²) in [5.41, 5.74) is 2.42. The summed E-state index contributed by atoms with van der Waals surface area (Å²) < 4.78 is 10.7. The quantitative estimate of drug-likeness (QED) is 0.283. The van der Waals surface area contributed by atoms with Crippen molar-refractivity contribution in [2.24, 2.45) is 46.3 Å². The van der Waals surface area contributed by atoms with Gasteiger partial charge in [-0.2, -0.15) is 0 Å². The summed E-state index contributed by atoms with van der Waals surface area (Å²) >= 11 is 0. The van der Waals surface area contributed by atoms with Crippen molar-refractivity contribution in [1.29, 1.82) is 0 Å². The number of rotatable bonds is 7. The summed E-state index contributed by atoms with van der Waals surface area (Å²) in [5.74, 6) is 5.19. The van der Waals surface area contributed by atoms with E-state index in [9.17, 15) is 4.79 Å². The number of hydrogen-bond acceptors (Lipinski definition) is 3. The van der Waals surface area contributed by atoms with Gasteiger partial charge < -0.3 is 9.47 Å². The van der Waals surface area contributed by atoms with Gasteiger partial charge in [0.05, 0.1) is 6.61 Å². The predicted molar refractivity (Wildman–Crippen MR) is 135 cm³/mol. The molecule has 3 nitrogen and oxygen atoms in total. The molecule has 0 amide bonds. The number of fused-ring (bicyclic) bond motifs is 5. The van der Waals surface area contributed by atoms with E-state index in [0.29, 0.717) is 17.4 Å². The monoisotopic (exact) mass is 458 g/mol. The first kappa shape index (κ1) is 25.1. The Morgan fingerprint density at radius 3 is 2.58 bits per heavy atom. The summed E-state index contributed by atoms with van der Waals surface area (Å²) in [7, 11) is 0. The number of carbonyl (C=O) groups is 1. The van der Waals surface area contributed by atoms with Gasteiger partial charge in [-0.3, -0.25) is 0 Å². The van der Waals surface area contributed by atoms with Crippen molar-refractivity contribution in [1.82, 2.24) is 0 Å². The van der Waals surface area contributed by atoms with Crippen LogP contribution in [0, 0.1) is 46.3 Å². The Morgan fingerprint density at radius 2 is 1.85 bits per heavy atom. The molecule has 0 aromatic heterocycles. The van der Waals surface area contributed by atoms with Crippen molar-refractivity contribution in [2.45, 2.75) is 118 Å². The van der Waals surface area contributed by atoms with E-state index < -0.39 is 6.16 Å². The van der Waals surface area contributed by atoms with Gasteiger partial charge in [-0.25, -0.2) is 4.79 Å². The molecule has 3 heteroatoms. The molecule has 4 aliphatic carbocycles. The van der Waals surface area contributed by atoms with Gasteiger partial charge in [-0.1, -0.05) is 65.5 Å². The van der Waals surface area contributed by atoms with E-state index in [1.807, 2.05) is 6.92 Å². The fourth-order valence-corrected chi connectivity index (χ4v) is 9.04. The highest BCUT2D eigenvalue weighted by Crippen LogP contribution is 2.67. The number of carbonyl (C=O) groups excluding carboxylic acids is 1. The average Bonchev–Trinajstić information content (AvgIpc) is 3.11. The average molecular weight is 459 g/mol. The highest BCUT2D eigenvalue weighted by Gasteiger charge is 2.59. The lowest BCUT2D eigenvalue weighted by atomic mass is 9.47. The SMILES string of the molecule is CCOC(=O)OC1CC[C@@]2(C)C(=CC[C@H]3[C@@H]4CC[C@H]([C@H](C)CCCC(C)C)[C@@]4(C)CC[C@@H]32)C1. The van der Waals surface area contributed by atoms with E-state index in [4.69, 9.17) is 9.47 Å². The summed E-state index contributed by atoms with van der Waals surface area (Å²) in [6.07, 6.45) is 16.3. The van der Waals surface area contributed by atoms with Crippen LogP contribution >= 0.6 is 0 Å². The third-order valence-corrected chi connectivity index (χ3v) is 10.8. The van der Waals surface area contributed by atoms with E-state index in [1.165, 1.54) is 51.4 Å². The van der Waals surface area contributed by atoms with Crippen LogP contribution in [0.15, 0.2) is 11.6 Å². The molecule has 0 N–H and O–H groups in total. The highest BCUT2D eigenvalue weighted by molar-refractivity contribution is 5.60. The Kier molecular flexibility index (Phi) is 7.56. The normalized spacial score (nSPS) is 40.9. The summed E-state index contributed by atoms with van der Waals surface area (Å²) in [4.78, 5) is 11.9. The van der Waals surface area contributed by atoms with Crippen molar-refractivity contribution in [2.75, 3.05) is 6.61 Å². The third-order valence-electron chi connectivity index (χ3n) is 10.8. The van der Waals surface area contributed by atoms with Crippen molar-refractivity contribution < 1.29 is 14.3 Å². The van der Waals surface area contributed by atoms with Gasteiger partial charge in [0.15, 0.2) is 0 Å². The fourth-order valence-electron chi connectivity index (χ4n) is 9.04. The Labute approximate surface area is 203 Å². The first-order chi connectivity index (χ1) is 15.7. The smallest absolute Gasteiger partial charge is 0.435 e. The van der Waals surface area contributed by atoms with Gasteiger partial charge in [0, 0.05) is 6.42 Å². The molecule has 0 aromatic rings. The zero-order valence-electron chi connectivity index (χ0n) is 22.3. The van der Waals surface area contributed by atoms with Gasteiger partial charge in [-0.05, 0) is 98.2 Å². The van der Waals surface area contributed by atoms with Crippen LogP contribution in [0.2, 0.25) is 0 Å². The molecule has 0 aliphatic heterocycles. The summed E-state index contributed by atoms with van der Waals surface area (Å²) in [6, 6.07) is 0. The molecule has 4 rings (SSSR count). The van der Waals surface area contributed by atoms with Gasteiger partial charge in [0.2, 0.25) is 0 Å². The van der Waals surface area contributed by atoms with Crippen LogP contribution in [0.4, 0.5) is 4.79 Å². The Morgan fingerprint density at radius 1 is 1.06 bits per heavy atom. The van der Waals surface area contributed by atoms with E-state index in [2.05, 4.69) is 40.7 Å². The predicted octanol–water partition coefficient (Wildman–Crippen LogP) is 8.57. The number of hydrogen-bond donors (Lipinski definition) is 0. The first-order valence-corrected chi connectivity index (χ1v) is 14.2. The molecular weight excluding hydrogens is 408 g/mol. The molecule has 3 fully saturated rings. The fraction of sp³-hybridized carbons (Fsp3) is 0.900. The van der Waals surface area contributed by atoms with Crippen molar-refractivity contribution in [3.05, 3.63) is 11.6 Å². The molecule has 33 heavy (non-hydrogen) atoms. The minimum Gasteiger partial charge on any atom is -0.435 e. The van der Waals surface area contributed by atoms with Crippen LogP contribution in [0.5, 0.6) is 0 Å². The van der Waals surface area contributed by atoms with Crippen molar-refractivity contribution in [3.8, 4) is 0 Å². The van der Waals surface area contributed by atoms with E-state index >= 15 is 0 Å². The van der Waals surface area contributed by atoms with Gasteiger partial charge in [0.25, 0.3) is 0 Å². The number of allylic oxidation sites excluding steroid dienone is 1. The molecule has 3 saturated carbocycles. The van der Waals surface area contributed by atoms with Crippen molar-refractivity contribution >= 4 is 6.16 Å². The van der Waals surface area contributed by atoms with Gasteiger partial charge >= 0.3 is 6.16 Å². The standard InChI is InChI=1S/C30H50O3/c1-7-32-28(31)33-23-15-17-29(5)22(19-23)11-12-24-26-14-13-25(21(4)10-8-9-20(2)3)30(26,6)18-16-27(24)29/h11,20-21,23-27H,7-10,12-19H2,1-6H3/t21-,23?,24+,25-,26+,27+,29+,30-/m1/s1. The molecule has 0 spiro atoms. The Balaban J connectivity index is 1.43. The minimum absolute atomic E-state index is 0.00340. The minimum atomic E-state index is -0.492. The van der Waals surface area contributed by atoms with Crippen molar-refractivity contribution in [3.63, 3.8) is 0 Å². The lowest BCUT2D eigenvalue weighted by Gasteiger charge is -2.58. The summed E-state index contributed by atoms with van der Waals surface area (Å²) in [5, 5.41) is 0. The Bertz CT molecular complexity index is 726. The largest absolute Gasteiger partial charge is 0.508 e. The van der Waals surface area contributed by atoms with Crippen LogP contribution in [0.1, 0.15) is 112 Å². The van der Waals surface area contributed by atoms with Crippen LogP contribution in [0.25, 0.3) is 0 Å². The zero-order chi connectivity index (χ0) is 23.8. The van der Waals surface area contributed by atoms with Crippen LogP contribution in [-0.2, 0) is 9.47 Å². The second kappa shape index (κ2) is 9.94. The molecular formula is C30H50O3. The number of ether oxygens (including phenoxy) is 2. The third kappa shape index (κ3) is 4.76. The van der Waals surface area contributed by atoms with Gasteiger partial charge in [-0.15, -0.1) is 0 Å². The molecule has 0 heterocycles. The zero-order valence-corrected chi connectivity index (χ0v) is 22.3. The Hall–Kier alpha value is -0.990.